The van der Waals surface area contributed by atoms with Gasteiger partial charge < -0.3 is 0 Å². The van der Waals surface area contributed by atoms with Crippen molar-refractivity contribution in [1.82, 2.24) is 4.98 Å². The normalized spacial score (nSPS) is 11.0. The first-order chi connectivity index (χ1) is 8.78. The first-order valence-corrected chi connectivity index (χ1v) is 7.82. The number of rotatable bonds is 2. The van der Waals surface area contributed by atoms with Gasteiger partial charge in [0.15, 0.2) is 0 Å². The average molecular weight is 271 g/mol. The minimum absolute atomic E-state index is 1.12. The summed E-state index contributed by atoms with van der Waals surface area (Å²) in [6.45, 7) is 2.06. The molecular weight excluding hydrogens is 258 g/mol. The summed E-state index contributed by atoms with van der Waals surface area (Å²) >= 11 is 3.53. The van der Waals surface area contributed by atoms with Gasteiger partial charge in [-0.3, -0.25) is 0 Å². The Balaban J connectivity index is 2.24. The van der Waals surface area contributed by atoms with E-state index >= 15 is 0 Å². The second kappa shape index (κ2) is 4.75. The van der Waals surface area contributed by atoms with Crippen molar-refractivity contribution >= 4 is 33.3 Å². The molecule has 0 atom stereocenters. The van der Waals surface area contributed by atoms with Crippen LogP contribution in [0.25, 0.3) is 21.3 Å². The standard InChI is InChI=1S/C15H13NS2/c1-10-16-15-13(7-4-8-14(15)18-10)11-5-3-6-12(9-11)17-2/h3-9H,1-2H3. The third-order valence-electron chi connectivity index (χ3n) is 2.91. The molecule has 90 valence electrons. The number of benzene rings is 2. The largest absolute Gasteiger partial charge is 0.241 e. The molecule has 2 aromatic carbocycles. The van der Waals surface area contributed by atoms with E-state index in [1.54, 1.807) is 23.1 Å². The summed E-state index contributed by atoms with van der Waals surface area (Å²) in [6.07, 6.45) is 2.10. The van der Waals surface area contributed by atoms with E-state index in [2.05, 4.69) is 60.6 Å². The topological polar surface area (TPSA) is 12.9 Å². The molecule has 0 radical (unpaired) electrons. The minimum atomic E-state index is 1.12. The van der Waals surface area contributed by atoms with Crippen molar-refractivity contribution in [3.63, 3.8) is 0 Å². The molecule has 1 heterocycles. The molecular formula is C15H13NS2. The fraction of sp³-hybridized carbons (Fsp3) is 0.133. The van der Waals surface area contributed by atoms with Crippen LogP contribution in [0.15, 0.2) is 47.4 Å². The predicted octanol–water partition coefficient (Wildman–Crippen LogP) is 4.99. The van der Waals surface area contributed by atoms with E-state index in [1.807, 2.05) is 0 Å². The number of aromatic nitrogens is 1. The van der Waals surface area contributed by atoms with E-state index in [0.29, 0.717) is 0 Å². The number of hydrogen-bond acceptors (Lipinski definition) is 3. The van der Waals surface area contributed by atoms with Gasteiger partial charge in [0.1, 0.15) is 0 Å². The molecule has 3 heteroatoms. The van der Waals surface area contributed by atoms with E-state index in [4.69, 9.17) is 0 Å². The highest BCUT2D eigenvalue weighted by atomic mass is 32.2. The number of aryl methyl sites for hydroxylation is 1. The lowest BCUT2D eigenvalue weighted by Crippen LogP contribution is -1.81. The van der Waals surface area contributed by atoms with Gasteiger partial charge in [0, 0.05) is 10.5 Å². The number of nitrogens with zero attached hydrogens (tertiary/aromatic N) is 1. The maximum absolute atomic E-state index is 4.66. The molecule has 0 unspecified atom stereocenters. The molecule has 0 aliphatic heterocycles. The molecule has 18 heavy (non-hydrogen) atoms. The smallest absolute Gasteiger partial charge is 0.0908 e. The summed E-state index contributed by atoms with van der Waals surface area (Å²) < 4.78 is 1.26. The number of fused-ring (bicyclic) bond motifs is 1. The van der Waals surface area contributed by atoms with Crippen molar-refractivity contribution in [3.8, 4) is 11.1 Å². The molecule has 0 amide bonds. The highest BCUT2D eigenvalue weighted by molar-refractivity contribution is 7.98. The summed E-state index contributed by atoms with van der Waals surface area (Å²) in [5.74, 6) is 0. The van der Waals surface area contributed by atoms with Crippen molar-refractivity contribution in [2.45, 2.75) is 11.8 Å². The quantitative estimate of drug-likeness (QED) is 0.609. The van der Waals surface area contributed by atoms with Gasteiger partial charge in [0.2, 0.25) is 0 Å². The fourth-order valence-corrected chi connectivity index (χ4v) is 3.40. The number of hydrogen-bond donors (Lipinski definition) is 0. The van der Waals surface area contributed by atoms with E-state index in [-0.39, 0.29) is 0 Å². The lowest BCUT2D eigenvalue weighted by Gasteiger charge is -2.04. The van der Waals surface area contributed by atoms with Crippen LogP contribution in [0.5, 0.6) is 0 Å². The highest BCUT2D eigenvalue weighted by Crippen LogP contribution is 2.32. The molecule has 3 rings (SSSR count). The molecule has 0 saturated heterocycles. The molecule has 0 N–H and O–H groups in total. The van der Waals surface area contributed by atoms with Crippen LogP contribution >= 0.6 is 23.1 Å². The first-order valence-electron chi connectivity index (χ1n) is 5.78. The van der Waals surface area contributed by atoms with Crippen LogP contribution in [-0.4, -0.2) is 11.2 Å². The average Bonchev–Trinajstić information content (AvgIpc) is 2.78. The molecule has 1 aromatic heterocycles. The molecule has 1 nitrogen and oxygen atoms in total. The first kappa shape index (κ1) is 11.8. The zero-order valence-electron chi connectivity index (χ0n) is 10.3. The predicted molar refractivity (Wildman–Crippen MR) is 81.6 cm³/mol. The third kappa shape index (κ3) is 2.04. The lowest BCUT2D eigenvalue weighted by molar-refractivity contribution is 1.34. The summed E-state index contributed by atoms with van der Waals surface area (Å²) in [7, 11) is 0. The van der Waals surface area contributed by atoms with Crippen LogP contribution in [0.2, 0.25) is 0 Å². The van der Waals surface area contributed by atoms with Crippen molar-refractivity contribution in [1.29, 1.82) is 0 Å². The SMILES string of the molecule is CSc1cccc(-c2cccc3sc(C)nc23)c1. The Bertz CT molecular complexity index is 701. The van der Waals surface area contributed by atoms with Crippen molar-refractivity contribution < 1.29 is 0 Å². The maximum atomic E-state index is 4.66. The molecule has 0 spiro atoms. The Morgan fingerprint density at radius 3 is 2.78 bits per heavy atom. The van der Waals surface area contributed by atoms with Gasteiger partial charge in [-0.05, 0) is 36.9 Å². The van der Waals surface area contributed by atoms with E-state index in [0.717, 1.165) is 10.5 Å². The number of para-hydroxylation sites is 1. The second-order valence-corrected chi connectivity index (χ2v) is 6.23. The molecule has 0 aliphatic carbocycles. The van der Waals surface area contributed by atoms with Gasteiger partial charge >= 0.3 is 0 Å². The van der Waals surface area contributed by atoms with Crippen LogP contribution in [0, 0.1) is 6.92 Å². The van der Waals surface area contributed by atoms with Crippen molar-refractivity contribution in [3.05, 3.63) is 47.5 Å². The Morgan fingerprint density at radius 2 is 1.94 bits per heavy atom. The van der Waals surface area contributed by atoms with Gasteiger partial charge in [-0.15, -0.1) is 23.1 Å². The summed E-state index contributed by atoms with van der Waals surface area (Å²) in [4.78, 5) is 5.95. The zero-order valence-corrected chi connectivity index (χ0v) is 11.9. The van der Waals surface area contributed by atoms with Crippen LogP contribution in [0.3, 0.4) is 0 Å². The van der Waals surface area contributed by atoms with Gasteiger partial charge in [-0.1, -0.05) is 24.3 Å². The maximum Gasteiger partial charge on any atom is 0.0908 e. The highest BCUT2D eigenvalue weighted by Gasteiger charge is 2.08. The molecule has 0 aliphatic rings. The monoisotopic (exact) mass is 271 g/mol. The van der Waals surface area contributed by atoms with E-state index in [9.17, 15) is 0 Å². The summed E-state index contributed by atoms with van der Waals surface area (Å²) in [5, 5.41) is 1.12. The number of thioether (sulfide) groups is 1. The minimum Gasteiger partial charge on any atom is -0.241 e. The number of thiazole rings is 1. The molecule has 0 bridgehead atoms. The Morgan fingerprint density at radius 1 is 1.11 bits per heavy atom. The van der Waals surface area contributed by atoms with Crippen molar-refractivity contribution in [2.75, 3.05) is 6.26 Å². The summed E-state index contributed by atoms with van der Waals surface area (Å²) in [5.41, 5.74) is 3.60. The third-order valence-corrected chi connectivity index (χ3v) is 4.57. The van der Waals surface area contributed by atoms with Crippen LogP contribution in [0.4, 0.5) is 0 Å². The zero-order chi connectivity index (χ0) is 12.5. The Kier molecular flexibility index (Phi) is 3.10. The van der Waals surface area contributed by atoms with Crippen LogP contribution in [-0.2, 0) is 0 Å². The van der Waals surface area contributed by atoms with Gasteiger partial charge in [-0.2, -0.15) is 0 Å². The van der Waals surface area contributed by atoms with E-state index < -0.39 is 0 Å². The molecule has 0 fully saturated rings. The summed E-state index contributed by atoms with van der Waals surface area (Å²) in [6, 6.07) is 15.0. The van der Waals surface area contributed by atoms with Gasteiger partial charge in [-0.25, -0.2) is 4.98 Å². The van der Waals surface area contributed by atoms with Crippen LogP contribution < -0.4 is 0 Å². The second-order valence-electron chi connectivity index (χ2n) is 4.12. The molecule has 3 aromatic rings. The van der Waals surface area contributed by atoms with Gasteiger partial charge in [0.25, 0.3) is 0 Å². The van der Waals surface area contributed by atoms with Crippen molar-refractivity contribution in [2.24, 2.45) is 0 Å². The Hall–Kier alpha value is -1.32. The van der Waals surface area contributed by atoms with Crippen LogP contribution in [0.1, 0.15) is 5.01 Å². The van der Waals surface area contributed by atoms with Gasteiger partial charge in [0.05, 0.1) is 15.2 Å². The Labute approximate surface area is 115 Å². The molecule has 0 saturated carbocycles. The van der Waals surface area contributed by atoms with E-state index in [1.165, 1.54) is 20.7 Å². The lowest BCUT2D eigenvalue weighted by atomic mass is 10.0. The fourth-order valence-electron chi connectivity index (χ4n) is 2.08.